The van der Waals surface area contributed by atoms with Gasteiger partial charge in [0.15, 0.2) is 0 Å². The second-order valence-electron chi connectivity index (χ2n) is 2.53. The molecule has 0 heterocycles. The average Bonchev–Trinajstić information content (AvgIpc) is 2.39. The van der Waals surface area contributed by atoms with E-state index < -0.39 is 0 Å². The molecule has 0 radical (unpaired) electrons. The van der Waals surface area contributed by atoms with Gasteiger partial charge in [0.2, 0.25) is 0 Å². The molecule has 1 nitrogen and oxygen atoms in total. The Bertz CT molecular complexity index is 217. The Labute approximate surface area is 67.1 Å². The summed E-state index contributed by atoms with van der Waals surface area (Å²) in [6, 6.07) is 0. The predicted octanol–water partition coefficient (Wildman–Crippen LogP) is 2.22. The number of carbonyl (C=O) groups is 1. The number of ketones is 1. The highest BCUT2D eigenvalue weighted by Crippen LogP contribution is 2.08. The molecule has 0 saturated carbocycles. The molecule has 0 amide bonds. The molecule has 0 aromatic carbocycles. The van der Waals surface area contributed by atoms with E-state index in [2.05, 4.69) is 0 Å². The molecule has 0 bridgehead atoms. The fourth-order valence-electron chi connectivity index (χ4n) is 0.861. The summed E-state index contributed by atoms with van der Waals surface area (Å²) in [5.74, 6) is 0.202. The Hall–Kier alpha value is -1.24. The van der Waals surface area contributed by atoms with E-state index in [0.717, 1.165) is 5.57 Å². The summed E-state index contributed by atoms with van der Waals surface area (Å²) >= 11 is 0. The maximum atomic E-state index is 10.5. The zero-order valence-electron chi connectivity index (χ0n) is 6.58. The number of allylic oxidation sites excluding steroid dienone is 6. The minimum absolute atomic E-state index is 0.202. The van der Waals surface area contributed by atoms with E-state index >= 15 is 0 Å². The second kappa shape index (κ2) is 3.81. The summed E-state index contributed by atoms with van der Waals surface area (Å²) in [6.45, 7) is 1.59. The highest BCUT2D eigenvalue weighted by Gasteiger charge is 1.84. The number of carbonyl (C=O) groups excluding carboxylic acids is 1. The van der Waals surface area contributed by atoms with Crippen molar-refractivity contribution in [2.75, 3.05) is 0 Å². The van der Waals surface area contributed by atoms with Crippen molar-refractivity contribution in [3.05, 3.63) is 42.4 Å². The lowest BCUT2D eigenvalue weighted by Gasteiger charge is -2.01. The summed E-state index contributed by atoms with van der Waals surface area (Å²) in [5, 5.41) is 0. The molecule has 0 fully saturated rings. The van der Waals surface area contributed by atoms with Gasteiger partial charge in [-0.2, -0.15) is 5.57 Å². The molecule has 0 saturated heterocycles. The fourth-order valence-corrected chi connectivity index (χ4v) is 0.861. The minimum atomic E-state index is 0.202. The molecular formula is C10H11O-. The third-order valence-corrected chi connectivity index (χ3v) is 1.40. The molecule has 0 aromatic heterocycles. The van der Waals surface area contributed by atoms with Gasteiger partial charge in [-0.1, -0.05) is 12.2 Å². The SMILES string of the molecule is CC(=O)C[CH-]C=C1C=CC=C1. The number of hydrogen-bond donors (Lipinski definition) is 0. The molecule has 58 valence electrons. The van der Waals surface area contributed by atoms with E-state index in [-0.39, 0.29) is 5.78 Å². The second-order valence-corrected chi connectivity index (χ2v) is 2.53. The van der Waals surface area contributed by atoms with E-state index in [9.17, 15) is 4.79 Å². The number of Topliss-reactive ketones (excluding diaryl/α,β-unsaturated/α-hetero) is 1. The monoisotopic (exact) mass is 147 g/mol. The van der Waals surface area contributed by atoms with Crippen molar-refractivity contribution >= 4 is 5.78 Å². The largest absolute Gasteiger partial charge is 0.301 e. The summed E-state index contributed by atoms with van der Waals surface area (Å²) in [5.41, 5.74) is 1.16. The first kappa shape index (κ1) is 7.86. The van der Waals surface area contributed by atoms with Gasteiger partial charge in [-0.15, -0.1) is 12.2 Å². The van der Waals surface area contributed by atoms with Gasteiger partial charge in [0.25, 0.3) is 0 Å². The lowest BCUT2D eigenvalue weighted by Crippen LogP contribution is -1.87. The van der Waals surface area contributed by atoms with Gasteiger partial charge in [-0.05, 0) is 13.3 Å². The summed E-state index contributed by atoms with van der Waals surface area (Å²) in [6.07, 6.45) is 12.4. The average molecular weight is 147 g/mol. The number of rotatable bonds is 3. The normalized spacial score (nSPS) is 13.7. The van der Waals surface area contributed by atoms with Gasteiger partial charge in [-0.25, -0.2) is 12.5 Å². The predicted molar refractivity (Wildman–Crippen MR) is 46.0 cm³/mol. The van der Waals surface area contributed by atoms with Crippen LogP contribution in [0, 0.1) is 6.42 Å². The van der Waals surface area contributed by atoms with Crippen LogP contribution in [0.5, 0.6) is 0 Å². The Morgan fingerprint density at radius 1 is 1.55 bits per heavy atom. The van der Waals surface area contributed by atoms with Crippen LogP contribution in [-0.2, 0) is 4.79 Å². The third-order valence-electron chi connectivity index (χ3n) is 1.40. The lowest BCUT2D eigenvalue weighted by molar-refractivity contribution is -0.116. The first-order valence-corrected chi connectivity index (χ1v) is 3.67. The van der Waals surface area contributed by atoms with Crippen molar-refractivity contribution in [3.63, 3.8) is 0 Å². The Kier molecular flexibility index (Phi) is 2.73. The fraction of sp³-hybridized carbons (Fsp3) is 0.200. The van der Waals surface area contributed by atoms with Gasteiger partial charge in [0.05, 0.1) is 0 Å². The molecule has 1 aliphatic rings. The first-order valence-electron chi connectivity index (χ1n) is 3.67. The van der Waals surface area contributed by atoms with E-state index in [4.69, 9.17) is 0 Å². The summed E-state index contributed by atoms with van der Waals surface area (Å²) in [7, 11) is 0. The Morgan fingerprint density at radius 3 is 2.73 bits per heavy atom. The quantitative estimate of drug-likeness (QED) is 0.559. The lowest BCUT2D eigenvalue weighted by atomic mass is 10.2. The maximum absolute atomic E-state index is 10.5. The van der Waals surface area contributed by atoms with Crippen LogP contribution in [0.15, 0.2) is 36.0 Å². The molecule has 0 spiro atoms. The van der Waals surface area contributed by atoms with Crippen LogP contribution < -0.4 is 0 Å². The van der Waals surface area contributed by atoms with Gasteiger partial charge >= 0.3 is 0 Å². The molecule has 1 heteroatoms. The highest BCUT2D eigenvalue weighted by molar-refractivity contribution is 5.77. The third kappa shape index (κ3) is 2.89. The van der Waals surface area contributed by atoms with Crippen molar-refractivity contribution < 1.29 is 4.79 Å². The molecular weight excluding hydrogens is 136 g/mol. The van der Waals surface area contributed by atoms with Crippen molar-refractivity contribution in [1.29, 1.82) is 0 Å². The standard InChI is InChI=1S/C10H11O/c1-9(11)5-4-8-10-6-2-3-7-10/h2-4,6-8H,5H2,1H3/q-1. The molecule has 0 aliphatic heterocycles. The van der Waals surface area contributed by atoms with Crippen molar-refractivity contribution in [2.45, 2.75) is 13.3 Å². The first-order chi connectivity index (χ1) is 5.29. The smallest absolute Gasteiger partial charge is 0.117 e. The highest BCUT2D eigenvalue weighted by atomic mass is 16.1. The van der Waals surface area contributed by atoms with E-state index in [1.165, 1.54) is 0 Å². The van der Waals surface area contributed by atoms with Crippen LogP contribution in [0.1, 0.15) is 13.3 Å². The van der Waals surface area contributed by atoms with Crippen LogP contribution in [0.4, 0.5) is 0 Å². The van der Waals surface area contributed by atoms with Crippen molar-refractivity contribution in [3.8, 4) is 0 Å². The molecule has 11 heavy (non-hydrogen) atoms. The van der Waals surface area contributed by atoms with Gasteiger partial charge < -0.3 is 4.79 Å². The zero-order valence-corrected chi connectivity index (χ0v) is 6.58. The van der Waals surface area contributed by atoms with Crippen molar-refractivity contribution in [1.82, 2.24) is 0 Å². The number of hydrogen-bond acceptors (Lipinski definition) is 1. The Morgan fingerprint density at radius 2 is 2.18 bits per heavy atom. The molecule has 0 N–H and O–H groups in total. The molecule has 0 atom stereocenters. The molecule has 1 rings (SSSR count). The van der Waals surface area contributed by atoms with Crippen LogP contribution in [-0.4, -0.2) is 5.78 Å². The van der Waals surface area contributed by atoms with E-state index in [1.54, 1.807) is 6.92 Å². The van der Waals surface area contributed by atoms with E-state index in [1.807, 2.05) is 36.8 Å². The van der Waals surface area contributed by atoms with Crippen LogP contribution in [0.2, 0.25) is 0 Å². The topological polar surface area (TPSA) is 17.1 Å². The van der Waals surface area contributed by atoms with Crippen molar-refractivity contribution in [2.24, 2.45) is 0 Å². The van der Waals surface area contributed by atoms with Gasteiger partial charge in [-0.3, -0.25) is 0 Å². The van der Waals surface area contributed by atoms with Gasteiger partial charge in [0.1, 0.15) is 5.78 Å². The van der Waals surface area contributed by atoms with Crippen LogP contribution in [0.25, 0.3) is 0 Å². The van der Waals surface area contributed by atoms with Crippen LogP contribution in [0.3, 0.4) is 0 Å². The van der Waals surface area contributed by atoms with Crippen LogP contribution >= 0.6 is 0 Å². The molecule has 1 aliphatic carbocycles. The summed E-state index contributed by atoms with van der Waals surface area (Å²) in [4.78, 5) is 10.5. The molecule has 0 unspecified atom stereocenters. The minimum Gasteiger partial charge on any atom is -0.301 e. The van der Waals surface area contributed by atoms with E-state index in [0.29, 0.717) is 6.42 Å². The zero-order chi connectivity index (χ0) is 8.10. The van der Waals surface area contributed by atoms with Gasteiger partial charge in [0, 0.05) is 0 Å². The Balaban J connectivity index is 2.30. The maximum Gasteiger partial charge on any atom is 0.117 e. The molecule has 0 aromatic rings. The summed E-state index contributed by atoms with van der Waals surface area (Å²) < 4.78 is 0.